The van der Waals surface area contributed by atoms with Gasteiger partial charge >= 0.3 is 24.6 Å². The number of hydrogen-bond acceptors (Lipinski definition) is 8. The lowest BCUT2D eigenvalue weighted by atomic mass is 9.89. The number of halogens is 9. The summed E-state index contributed by atoms with van der Waals surface area (Å²) in [6.07, 6.45) is -14.5. The lowest BCUT2D eigenvalue weighted by molar-refractivity contribution is -0.143. The van der Waals surface area contributed by atoms with E-state index in [1.165, 1.54) is 11.1 Å². The fraction of sp³-hybridized carbons (Fsp3) is 0.469. The Morgan fingerprint density at radius 2 is 1.58 bits per heavy atom. The maximum Gasteiger partial charge on any atom is 0.416 e. The quantitative estimate of drug-likeness (QED) is 0.235. The van der Waals surface area contributed by atoms with Gasteiger partial charge < -0.3 is 24.8 Å². The van der Waals surface area contributed by atoms with Crippen LogP contribution in [0.15, 0.2) is 42.6 Å². The van der Waals surface area contributed by atoms with Crippen LogP contribution in [0.5, 0.6) is 0 Å². The van der Waals surface area contributed by atoms with Crippen molar-refractivity contribution in [3.63, 3.8) is 0 Å². The largest absolute Gasteiger partial charge is 0.447 e. The van der Waals surface area contributed by atoms with Crippen molar-refractivity contribution in [3.8, 4) is 0 Å². The Balaban J connectivity index is 1.57. The molecule has 1 aromatic heterocycles. The zero-order valence-corrected chi connectivity index (χ0v) is 26.4. The number of morpholine rings is 1. The standard InChI is InChI=1S/C32H32F9N5O4/c1-2-22-16-24(23-15-19(30(33,34)35)3-4-26(23)46(22)29(48)50-10-7-47)43-28-42-17-27(45-5-8-49-9-6-45)25(44-28)13-18-11-20(31(36,37)38)14-21(12-18)32(39,40)41/h3-4,11-12,14-15,17,22,24,47H,2,5-10,13,16H2,1H3,(H,42,43,44)/t22-,24+/m1/s1. The zero-order valence-electron chi connectivity index (χ0n) is 26.4. The smallest absolute Gasteiger partial charge is 0.416 e. The molecule has 2 aliphatic heterocycles. The molecule has 9 nitrogen and oxygen atoms in total. The number of anilines is 3. The van der Waals surface area contributed by atoms with Crippen LogP contribution in [0.3, 0.4) is 0 Å². The van der Waals surface area contributed by atoms with Crippen molar-refractivity contribution < 1.29 is 58.9 Å². The Kier molecular flexibility index (Phi) is 10.7. The minimum Gasteiger partial charge on any atom is -0.447 e. The third kappa shape index (κ3) is 8.34. The second-order valence-electron chi connectivity index (χ2n) is 11.7. The van der Waals surface area contributed by atoms with Crippen LogP contribution in [0, 0.1) is 0 Å². The first-order valence-electron chi connectivity index (χ1n) is 15.5. The van der Waals surface area contributed by atoms with Crippen molar-refractivity contribution >= 4 is 23.4 Å². The van der Waals surface area contributed by atoms with Gasteiger partial charge in [0.2, 0.25) is 5.95 Å². The minimum atomic E-state index is -5.07. The average Bonchev–Trinajstić information content (AvgIpc) is 3.06. The molecule has 18 heteroatoms. The van der Waals surface area contributed by atoms with E-state index in [1.54, 1.807) is 11.8 Å². The predicted molar refractivity (Wildman–Crippen MR) is 162 cm³/mol. The molecule has 1 amide bonds. The summed E-state index contributed by atoms with van der Waals surface area (Å²) in [5.41, 5.74) is -3.77. The number of rotatable bonds is 8. The topological polar surface area (TPSA) is 100 Å². The second-order valence-corrected chi connectivity index (χ2v) is 11.7. The molecule has 2 N–H and O–H groups in total. The van der Waals surface area contributed by atoms with Crippen molar-refractivity contribution in [3.05, 3.63) is 76.1 Å². The molecule has 3 aromatic rings. The van der Waals surface area contributed by atoms with Crippen molar-refractivity contribution in [1.82, 2.24) is 9.97 Å². The third-order valence-corrected chi connectivity index (χ3v) is 8.37. The lowest BCUT2D eigenvalue weighted by Crippen LogP contribution is -2.46. The molecule has 0 unspecified atom stereocenters. The molecule has 272 valence electrons. The fourth-order valence-electron chi connectivity index (χ4n) is 6.02. The van der Waals surface area contributed by atoms with Crippen LogP contribution >= 0.6 is 0 Å². The summed E-state index contributed by atoms with van der Waals surface area (Å²) < 4.78 is 134. The first-order valence-corrected chi connectivity index (χ1v) is 15.5. The average molecular weight is 722 g/mol. The molecule has 2 aromatic carbocycles. The van der Waals surface area contributed by atoms with E-state index < -0.39 is 66.4 Å². The molecule has 0 spiro atoms. The van der Waals surface area contributed by atoms with Crippen LogP contribution in [0.2, 0.25) is 0 Å². The van der Waals surface area contributed by atoms with Crippen LogP contribution in [0.4, 0.5) is 61.6 Å². The molecule has 0 radical (unpaired) electrons. The highest BCUT2D eigenvalue weighted by atomic mass is 19.4. The van der Waals surface area contributed by atoms with Gasteiger partial charge in [0.25, 0.3) is 0 Å². The number of nitrogens with zero attached hydrogens (tertiary/aromatic N) is 4. The van der Waals surface area contributed by atoms with E-state index in [2.05, 4.69) is 15.3 Å². The van der Waals surface area contributed by atoms with E-state index >= 15 is 0 Å². The predicted octanol–water partition coefficient (Wildman–Crippen LogP) is 7.23. The first-order chi connectivity index (χ1) is 23.5. The Morgan fingerprint density at radius 1 is 0.940 bits per heavy atom. The van der Waals surface area contributed by atoms with Gasteiger partial charge in [-0.25, -0.2) is 14.8 Å². The Labute approximate surface area is 280 Å². The molecule has 5 rings (SSSR count). The number of nitrogens with one attached hydrogen (secondary N) is 1. The highest BCUT2D eigenvalue weighted by Crippen LogP contribution is 2.43. The summed E-state index contributed by atoms with van der Waals surface area (Å²) in [4.78, 5) is 24.8. The van der Waals surface area contributed by atoms with Gasteiger partial charge in [0.05, 0.1) is 65.8 Å². The fourth-order valence-corrected chi connectivity index (χ4v) is 6.02. The zero-order chi connectivity index (χ0) is 36.4. The van der Waals surface area contributed by atoms with Gasteiger partial charge in [-0.3, -0.25) is 4.90 Å². The summed E-state index contributed by atoms with van der Waals surface area (Å²) >= 11 is 0. The molecule has 2 atom stereocenters. The van der Waals surface area contributed by atoms with E-state index in [4.69, 9.17) is 14.6 Å². The van der Waals surface area contributed by atoms with Gasteiger partial charge in [-0.15, -0.1) is 0 Å². The summed E-state index contributed by atoms with van der Waals surface area (Å²) in [5.74, 6) is -0.153. The number of aromatic nitrogens is 2. The summed E-state index contributed by atoms with van der Waals surface area (Å²) in [6, 6.07) is 2.55. The number of aliphatic hydroxyl groups is 1. The van der Waals surface area contributed by atoms with Crippen LogP contribution in [0.25, 0.3) is 0 Å². The van der Waals surface area contributed by atoms with Gasteiger partial charge in [-0.05, 0) is 60.4 Å². The number of amides is 1. The van der Waals surface area contributed by atoms with Crippen molar-refractivity contribution in [2.45, 2.75) is 56.8 Å². The molecule has 0 aliphatic carbocycles. The van der Waals surface area contributed by atoms with Gasteiger partial charge in [0.1, 0.15) is 6.61 Å². The van der Waals surface area contributed by atoms with Gasteiger partial charge in [0, 0.05) is 25.6 Å². The van der Waals surface area contributed by atoms with Gasteiger partial charge in [-0.1, -0.05) is 6.92 Å². The molecule has 0 saturated carbocycles. The number of fused-ring (bicyclic) bond motifs is 1. The maximum atomic E-state index is 13.8. The molecule has 2 aliphatic rings. The van der Waals surface area contributed by atoms with Crippen LogP contribution < -0.4 is 15.1 Å². The number of ether oxygens (including phenoxy) is 2. The lowest BCUT2D eigenvalue weighted by Gasteiger charge is -2.40. The SMILES string of the molecule is CC[C@@H]1C[C@H](Nc2ncc(N3CCOCC3)c(Cc3cc(C(F)(F)F)cc(C(F)(F)F)c3)n2)c2cc(C(F)(F)F)ccc2N1C(=O)OCCO. The number of carbonyl (C=O) groups excluding carboxylic acids is 1. The van der Waals surface area contributed by atoms with Crippen molar-refractivity contribution in [2.75, 3.05) is 54.6 Å². The third-order valence-electron chi connectivity index (χ3n) is 8.37. The first kappa shape index (κ1) is 36.9. The van der Waals surface area contributed by atoms with Crippen LogP contribution in [-0.4, -0.2) is 66.7 Å². The number of carbonyl (C=O) groups is 1. The number of hydrogen-bond donors (Lipinski definition) is 2. The van der Waals surface area contributed by atoms with E-state index in [1.807, 2.05) is 0 Å². The van der Waals surface area contributed by atoms with E-state index in [-0.39, 0.29) is 60.8 Å². The van der Waals surface area contributed by atoms with Crippen LogP contribution in [-0.2, 0) is 34.4 Å². The Hall–Kier alpha value is -4.32. The van der Waals surface area contributed by atoms with E-state index in [9.17, 15) is 44.3 Å². The minimum absolute atomic E-state index is 0.0299. The van der Waals surface area contributed by atoms with E-state index in [0.29, 0.717) is 37.3 Å². The van der Waals surface area contributed by atoms with Crippen LogP contribution in [0.1, 0.15) is 59.3 Å². The van der Waals surface area contributed by atoms with Crippen molar-refractivity contribution in [2.24, 2.45) is 0 Å². The Morgan fingerprint density at radius 3 is 2.16 bits per heavy atom. The van der Waals surface area contributed by atoms with E-state index in [0.717, 1.165) is 18.2 Å². The van der Waals surface area contributed by atoms with Gasteiger partial charge in [-0.2, -0.15) is 39.5 Å². The summed E-state index contributed by atoms with van der Waals surface area (Å²) in [6.45, 7) is 2.17. The van der Waals surface area contributed by atoms with Gasteiger partial charge in [0.15, 0.2) is 0 Å². The molecule has 0 bridgehead atoms. The number of alkyl halides is 9. The highest BCUT2D eigenvalue weighted by Gasteiger charge is 2.40. The Bertz CT molecular complexity index is 1640. The second kappa shape index (κ2) is 14.5. The number of aliphatic hydroxyl groups excluding tert-OH is 1. The highest BCUT2D eigenvalue weighted by molar-refractivity contribution is 5.90. The molecular weight excluding hydrogens is 689 g/mol. The molecule has 1 saturated heterocycles. The monoisotopic (exact) mass is 721 g/mol. The van der Waals surface area contributed by atoms with Crippen molar-refractivity contribution in [1.29, 1.82) is 0 Å². The molecule has 1 fully saturated rings. The summed E-state index contributed by atoms with van der Waals surface area (Å²) in [7, 11) is 0. The molecule has 50 heavy (non-hydrogen) atoms. The molecular formula is C32H32F9N5O4. The molecule has 3 heterocycles. The normalized spacial score (nSPS) is 18.5. The summed E-state index contributed by atoms with van der Waals surface area (Å²) in [5, 5.41) is 12.1. The number of benzene rings is 2. The maximum absolute atomic E-state index is 13.8.